The Morgan fingerprint density at radius 2 is 2.10 bits per heavy atom. The van der Waals surface area contributed by atoms with Crippen LogP contribution in [-0.2, 0) is 19.3 Å². The van der Waals surface area contributed by atoms with Crippen LogP contribution in [0.2, 0.25) is 0 Å². The summed E-state index contributed by atoms with van der Waals surface area (Å²) in [5, 5.41) is 6.64. The summed E-state index contributed by atoms with van der Waals surface area (Å²) >= 11 is 1.62. The fourth-order valence-electron chi connectivity index (χ4n) is 2.43. The van der Waals surface area contributed by atoms with Crippen molar-refractivity contribution in [1.29, 1.82) is 0 Å². The lowest BCUT2D eigenvalue weighted by molar-refractivity contribution is 0.696. The predicted molar refractivity (Wildman–Crippen MR) is 84.1 cm³/mol. The molecule has 0 saturated carbocycles. The van der Waals surface area contributed by atoms with Crippen LogP contribution >= 0.6 is 11.3 Å². The quantitative estimate of drug-likeness (QED) is 0.782. The number of fused-ring (bicyclic) bond motifs is 1. The number of nitrogens with two attached hydrogens (primary N) is 1. The zero-order valence-electron chi connectivity index (χ0n) is 12.6. The van der Waals surface area contributed by atoms with E-state index in [-0.39, 0.29) is 6.04 Å². The molecule has 3 aromatic heterocycles. The lowest BCUT2D eigenvalue weighted by Crippen LogP contribution is -2.20. The van der Waals surface area contributed by atoms with E-state index >= 15 is 0 Å². The molecular weight excluding hydrogens is 284 g/mol. The Kier molecular flexibility index (Phi) is 3.77. The Labute approximate surface area is 127 Å². The molecule has 112 valence electrons. The van der Waals surface area contributed by atoms with Gasteiger partial charge >= 0.3 is 0 Å². The van der Waals surface area contributed by atoms with Gasteiger partial charge in [0, 0.05) is 36.9 Å². The first-order chi connectivity index (χ1) is 10.1. The molecular formula is C14H20N6S. The predicted octanol–water partition coefficient (Wildman–Crippen LogP) is 1.99. The van der Waals surface area contributed by atoms with Gasteiger partial charge in [0.15, 0.2) is 16.6 Å². The van der Waals surface area contributed by atoms with E-state index in [2.05, 4.69) is 28.3 Å². The molecule has 0 radical (unpaired) electrons. The van der Waals surface area contributed by atoms with Crippen molar-refractivity contribution < 1.29 is 0 Å². The Morgan fingerprint density at radius 3 is 2.76 bits per heavy atom. The number of aryl methyl sites for hydroxylation is 2. The second-order valence-electron chi connectivity index (χ2n) is 5.18. The smallest absolute Gasteiger partial charge is 0.195 e. The van der Waals surface area contributed by atoms with E-state index < -0.39 is 0 Å². The van der Waals surface area contributed by atoms with Gasteiger partial charge in [-0.3, -0.25) is 4.40 Å². The largest absolute Gasteiger partial charge is 0.328 e. The Balaban J connectivity index is 2.19. The molecule has 0 saturated heterocycles. The Hall–Kier alpha value is -1.73. The molecule has 0 aliphatic heterocycles. The molecule has 7 heteroatoms. The third-order valence-electron chi connectivity index (χ3n) is 3.41. The Bertz CT molecular complexity index is 751. The van der Waals surface area contributed by atoms with Crippen LogP contribution in [0.4, 0.5) is 0 Å². The summed E-state index contributed by atoms with van der Waals surface area (Å²) in [6.07, 6.45) is 4.45. The summed E-state index contributed by atoms with van der Waals surface area (Å²) in [6.45, 7) is 6.16. The van der Waals surface area contributed by atoms with Gasteiger partial charge in [-0.15, -0.1) is 16.4 Å². The zero-order valence-corrected chi connectivity index (χ0v) is 13.4. The molecule has 6 nitrogen and oxygen atoms in total. The molecule has 3 aromatic rings. The lowest BCUT2D eigenvalue weighted by Gasteiger charge is -2.08. The third-order valence-corrected chi connectivity index (χ3v) is 4.16. The average Bonchev–Trinajstić information content (AvgIpc) is 3.13. The SMILES string of the molecule is CCc1nc(CC)n(-c2nc3sccn3c2CC(C)N)n1. The molecule has 1 atom stereocenters. The first-order valence-electron chi connectivity index (χ1n) is 7.29. The number of imidazole rings is 1. The molecule has 0 aliphatic rings. The fourth-order valence-corrected chi connectivity index (χ4v) is 3.15. The van der Waals surface area contributed by atoms with Gasteiger partial charge in [0.2, 0.25) is 0 Å². The molecule has 0 bridgehead atoms. The fraction of sp³-hybridized carbons (Fsp3) is 0.500. The molecule has 0 aromatic carbocycles. The summed E-state index contributed by atoms with van der Waals surface area (Å²) in [7, 11) is 0. The maximum Gasteiger partial charge on any atom is 0.195 e. The first kappa shape index (κ1) is 14.2. The van der Waals surface area contributed by atoms with Gasteiger partial charge in [-0.1, -0.05) is 13.8 Å². The van der Waals surface area contributed by atoms with Crippen LogP contribution in [0.5, 0.6) is 0 Å². The van der Waals surface area contributed by atoms with E-state index in [0.717, 1.165) is 47.4 Å². The molecule has 0 aliphatic carbocycles. The van der Waals surface area contributed by atoms with Crippen LogP contribution in [0.15, 0.2) is 11.6 Å². The van der Waals surface area contributed by atoms with Crippen molar-refractivity contribution in [1.82, 2.24) is 24.1 Å². The van der Waals surface area contributed by atoms with Crippen LogP contribution in [0, 0.1) is 0 Å². The van der Waals surface area contributed by atoms with Gasteiger partial charge in [-0.25, -0.2) is 4.98 Å². The van der Waals surface area contributed by atoms with E-state index in [1.807, 2.05) is 23.2 Å². The lowest BCUT2D eigenvalue weighted by atomic mass is 10.2. The maximum absolute atomic E-state index is 6.01. The van der Waals surface area contributed by atoms with E-state index in [1.165, 1.54) is 0 Å². The van der Waals surface area contributed by atoms with E-state index in [1.54, 1.807) is 11.3 Å². The molecule has 2 N–H and O–H groups in total. The summed E-state index contributed by atoms with van der Waals surface area (Å²) in [5.74, 6) is 2.67. The highest BCUT2D eigenvalue weighted by Gasteiger charge is 2.20. The second kappa shape index (κ2) is 5.57. The number of thiazole rings is 1. The molecule has 3 rings (SSSR count). The van der Waals surface area contributed by atoms with Gasteiger partial charge in [0.25, 0.3) is 0 Å². The highest BCUT2D eigenvalue weighted by Crippen LogP contribution is 2.22. The standard InChI is InChI=1S/C14H20N6S/c1-4-11-16-12(5-2)20(18-11)13-10(8-9(3)15)19-6-7-21-14(19)17-13/h6-7,9H,4-5,8,15H2,1-3H3. The maximum atomic E-state index is 6.01. The summed E-state index contributed by atoms with van der Waals surface area (Å²) < 4.78 is 3.99. The zero-order chi connectivity index (χ0) is 15.0. The van der Waals surface area contributed by atoms with Crippen LogP contribution < -0.4 is 5.73 Å². The van der Waals surface area contributed by atoms with Crippen molar-refractivity contribution in [3.8, 4) is 5.82 Å². The number of hydrogen-bond donors (Lipinski definition) is 1. The third kappa shape index (κ3) is 2.47. The number of aromatic nitrogens is 5. The normalized spacial score (nSPS) is 13.1. The van der Waals surface area contributed by atoms with Crippen molar-refractivity contribution in [2.75, 3.05) is 0 Å². The summed E-state index contributed by atoms with van der Waals surface area (Å²) in [5.41, 5.74) is 7.11. The van der Waals surface area contributed by atoms with Crippen molar-refractivity contribution >= 4 is 16.3 Å². The topological polar surface area (TPSA) is 74.0 Å². The van der Waals surface area contributed by atoms with E-state index in [0.29, 0.717) is 0 Å². The average molecular weight is 304 g/mol. The van der Waals surface area contributed by atoms with Crippen LogP contribution in [-0.4, -0.2) is 30.2 Å². The number of nitrogens with zero attached hydrogens (tertiary/aromatic N) is 5. The minimum Gasteiger partial charge on any atom is -0.328 e. The monoisotopic (exact) mass is 304 g/mol. The molecule has 0 spiro atoms. The van der Waals surface area contributed by atoms with Crippen LogP contribution in [0.1, 0.15) is 38.1 Å². The van der Waals surface area contributed by atoms with Crippen molar-refractivity contribution in [3.05, 3.63) is 28.9 Å². The number of hydrogen-bond acceptors (Lipinski definition) is 5. The van der Waals surface area contributed by atoms with Crippen LogP contribution in [0.3, 0.4) is 0 Å². The second-order valence-corrected chi connectivity index (χ2v) is 6.06. The van der Waals surface area contributed by atoms with Crippen LogP contribution in [0.25, 0.3) is 10.8 Å². The minimum absolute atomic E-state index is 0.0720. The first-order valence-corrected chi connectivity index (χ1v) is 8.17. The molecule has 0 fully saturated rings. The Morgan fingerprint density at radius 1 is 1.29 bits per heavy atom. The molecule has 1 unspecified atom stereocenters. The van der Waals surface area contributed by atoms with Gasteiger partial charge in [0.1, 0.15) is 5.82 Å². The summed E-state index contributed by atoms with van der Waals surface area (Å²) in [6, 6.07) is 0.0720. The van der Waals surface area contributed by atoms with Crippen molar-refractivity contribution in [2.24, 2.45) is 5.73 Å². The van der Waals surface area contributed by atoms with Gasteiger partial charge < -0.3 is 5.73 Å². The van der Waals surface area contributed by atoms with Gasteiger partial charge in [-0.05, 0) is 6.92 Å². The van der Waals surface area contributed by atoms with Gasteiger partial charge in [0.05, 0.1) is 5.69 Å². The van der Waals surface area contributed by atoms with E-state index in [4.69, 9.17) is 10.7 Å². The van der Waals surface area contributed by atoms with Crippen molar-refractivity contribution in [2.45, 2.75) is 46.1 Å². The minimum atomic E-state index is 0.0720. The van der Waals surface area contributed by atoms with Crippen molar-refractivity contribution in [3.63, 3.8) is 0 Å². The highest BCUT2D eigenvalue weighted by molar-refractivity contribution is 7.15. The highest BCUT2D eigenvalue weighted by atomic mass is 32.1. The van der Waals surface area contributed by atoms with Gasteiger partial charge in [-0.2, -0.15) is 9.67 Å². The molecule has 3 heterocycles. The number of rotatable bonds is 5. The molecule has 0 amide bonds. The molecule has 21 heavy (non-hydrogen) atoms. The summed E-state index contributed by atoms with van der Waals surface area (Å²) in [4.78, 5) is 10.3. The van der Waals surface area contributed by atoms with E-state index in [9.17, 15) is 0 Å².